The van der Waals surface area contributed by atoms with Crippen molar-refractivity contribution in [3.05, 3.63) is 82.8 Å². The summed E-state index contributed by atoms with van der Waals surface area (Å²) in [4.78, 5) is 13.1. The van der Waals surface area contributed by atoms with Crippen LogP contribution >= 0.6 is 23.2 Å². The number of carbonyl (C=O) groups is 1. The molecule has 8 nitrogen and oxygen atoms in total. The van der Waals surface area contributed by atoms with Crippen LogP contribution in [-0.4, -0.2) is 46.7 Å². The molecule has 3 aromatic carbocycles. The second-order valence-electron chi connectivity index (χ2n) is 8.84. The number of sulfonamides is 2. The van der Waals surface area contributed by atoms with E-state index in [1.807, 2.05) is 0 Å². The summed E-state index contributed by atoms with van der Waals surface area (Å²) in [5.41, 5.74) is 0.450. The van der Waals surface area contributed by atoms with Crippen molar-refractivity contribution in [1.29, 1.82) is 0 Å². The van der Waals surface area contributed by atoms with E-state index in [9.17, 15) is 21.6 Å². The van der Waals surface area contributed by atoms with Crippen molar-refractivity contribution in [2.24, 2.45) is 0 Å². The molecule has 0 aromatic heterocycles. The lowest BCUT2D eigenvalue weighted by molar-refractivity contribution is -0.114. The lowest BCUT2D eigenvalue weighted by atomic mass is 10.2. The molecule has 0 atom stereocenters. The zero-order chi connectivity index (χ0) is 27.3. The predicted octanol–water partition coefficient (Wildman–Crippen LogP) is 5.39. The number of carbonyl (C=O) groups excluding carboxylic acids is 1. The lowest BCUT2D eigenvalue weighted by Crippen LogP contribution is -2.38. The number of amides is 1. The molecule has 0 bridgehead atoms. The number of nitrogens with zero attached hydrogens (tertiary/aromatic N) is 2. The van der Waals surface area contributed by atoms with Crippen LogP contribution in [0.15, 0.2) is 82.6 Å². The second-order valence-corrected chi connectivity index (χ2v) is 13.5. The molecular formula is C26H27Cl2N3O5S2. The first-order valence-corrected chi connectivity index (χ1v) is 15.6. The standard InChI is InChI=1S/C26H27Cl2N3O5S2/c27-20-16-21(28)18-23(17-20)31(38(35,36)24-8-4-3-5-9-24)19-26(32)29-22-10-12-25(13-11-22)37(33,34)30-14-6-1-2-7-15-30/h3-5,8-13,16-18H,1-2,6-7,14-15,19H2,(H,29,32). The minimum Gasteiger partial charge on any atom is -0.325 e. The van der Waals surface area contributed by atoms with Crippen LogP contribution in [0.25, 0.3) is 0 Å². The molecular weight excluding hydrogens is 569 g/mol. The molecule has 202 valence electrons. The van der Waals surface area contributed by atoms with Gasteiger partial charge in [-0.25, -0.2) is 16.8 Å². The van der Waals surface area contributed by atoms with Crippen molar-refractivity contribution in [2.45, 2.75) is 35.5 Å². The minimum atomic E-state index is -4.15. The van der Waals surface area contributed by atoms with Gasteiger partial charge in [0.25, 0.3) is 10.0 Å². The van der Waals surface area contributed by atoms with Gasteiger partial charge in [-0.15, -0.1) is 0 Å². The van der Waals surface area contributed by atoms with E-state index in [4.69, 9.17) is 23.2 Å². The number of nitrogens with one attached hydrogen (secondary N) is 1. The van der Waals surface area contributed by atoms with Crippen LogP contribution in [0.3, 0.4) is 0 Å². The van der Waals surface area contributed by atoms with Crippen molar-refractivity contribution < 1.29 is 21.6 Å². The van der Waals surface area contributed by atoms with Gasteiger partial charge in [0.1, 0.15) is 6.54 Å². The van der Waals surface area contributed by atoms with E-state index in [-0.39, 0.29) is 25.5 Å². The van der Waals surface area contributed by atoms with Gasteiger partial charge in [0, 0.05) is 28.8 Å². The highest BCUT2D eigenvalue weighted by atomic mass is 35.5. The van der Waals surface area contributed by atoms with Crippen LogP contribution in [0.1, 0.15) is 25.7 Å². The molecule has 0 spiro atoms. The van der Waals surface area contributed by atoms with Crippen molar-refractivity contribution in [1.82, 2.24) is 4.31 Å². The zero-order valence-corrected chi connectivity index (χ0v) is 23.5. The lowest BCUT2D eigenvalue weighted by Gasteiger charge is -2.24. The summed E-state index contributed by atoms with van der Waals surface area (Å²) in [7, 11) is -7.78. The third-order valence-electron chi connectivity index (χ3n) is 6.09. The zero-order valence-electron chi connectivity index (χ0n) is 20.4. The smallest absolute Gasteiger partial charge is 0.264 e. The van der Waals surface area contributed by atoms with E-state index in [1.54, 1.807) is 18.2 Å². The largest absolute Gasteiger partial charge is 0.325 e. The molecule has 1 aliphatic heterocycles. The Morgan fingerprint density at radius 2 is 1.37 bits per heavy atom. The average molecular weight is 597 g/mol. The fourth-order valence-electron chi connectivity index (χ4n) is 4.19. The van der Waals surface area contributed by atoms with Gasteiger partial charge in [-0.2, -0.15) is 4.31 Å². The van der Waals surface area contributed by atoms with Crippen molar-refractivity contribution in [3.63, 3.8) is 0 Å². The summed E-state index contributed by atoms with van der Waals surface area (Å²) < 4.78 is 55.4. The highest BCUT2D eigenvalue weighted by Gasteiger charge is 2.28. The van der Waals surface area contributed by atoms with Crippen molar-refractivity contribution >= 4 is 60.5 Å². The number of hydrogen-bond donors (Lipinski definition) is 1. The highest BCUT2D eigenvalue weighted by Crippen LogP contribution is 2.30. The highest BCUT2D eigenvalue weighted by molar-refractivity contribution is 7.92. The number of benzene rings is 3. The number of hydrogen-bond acceptors (Lipinski definition) is 5. The molecule has 0 saturated carbocycles. The SMILES string of the molecule is O=C(CN(c1cc(Cl)cc(Cl)c1)S(=O)(=O)c1ccccc1)Nc1ccc(S(=O)(=O)N2CCCCCC2)cc1. The fraction of sp³-hybridized carbons (Fsp3) is 0.269. The Morgan fingerprint density at radius 1 is 0.789 bits per heavy atom. The molecule has 1 heterocycles. The molecule has 1 saturated heterocycles. The first-order valence-electron chi connectivity index (χ1n) is 12.0. The van der Waals surface area contributed by atoms with E-state index < -0.39 is 32.5 Å². The van der Waals surface area contributed by atoms with Gasteiger partial charge in [0.05, 0.1) is 15.5 Å². The number of rotatable bonds is 8. The van der Waals surface area contributed by atoms with Crippen LogP contribution in [0.2, 0.25) is 10.0 Å². The average Bonchev–Trinajstić information content (AvgIpc) is 3.18. The summed E-state index contributed by atoms with van der Waals surface area (Å²) in [5.74, 6) is -0.635. The minimum absolute atomic E-state index is 0.00744. The molecule has 1 N–H and O–H groups in total. The van der Waals surface area contributed by atoms with Crippen molar-refractivity contribution in [2.75, 3.05) is 29.3 Å². The van der Waals surface area contributed by atoms with Crippen LogP contribution < -0.4 is 9.62 Å². The first kappa shape index (κ1) is 28.4. The first-order chi connectivity index (χ1) is 18.1. The van der Waals surface area contributed by atoms with Gasteiger partial charge < -0.3 is 5.32 Å². The predicted molar refractivity (Wildman–Crippen MR) is 150 cm³/mol. The molecule has 4 rings (SSSR count). The summed E-state index contributed by atoms with van der Waals surface area (Å²) in [6, 6.07) is 17.8. The maximum atomic E-state index is 13.5. The molecule has 1 amide bonds. The molecule has 3 aromatic rings. The van der Waals surface area contributed by atoms with Crippen LogP contribution in [-0.2, 0) is 24.8 Å². The van der Waals surface area contributed by atoms with E-state index in [0.29, 0.717) is 18.8 Å². The topological polar surface area (TPSA) is 104 Å². The Morgan fingerprint density at radius 3 is 1.95 bits per heavy atom. The van der Waals surface area contributed by atoms with Gasteiger partial charge >= 0.3 is 0 Å². The quantitative estimate of drug-likeness (QED) is 0.376. The summed E-state index contributed by atoms with van der Waals surface area (Å²) in [6.07, 6.45) is 3.67. The summed E-state index contributed by atoms with van der Waals surface area (Å²) >= 11 is 12.2. The Bertz CT molecular complexity index is 1470. The Labute approximate surface area is 233 Å². The molecule has 0 aliphatic carbocycles. The van der Waals surface area contributed by atoms with Gasteiger partial charge in [-0.3, -0.25) is 9.10 Å². The fourth-order valence-corrected chi connectivity index (χ4v) is 7.65. The molecule has 1 aliphatic rings. The summed E-state index contributed by atoms with van der Waals surface area (Å²) in [5, 5.41) is 3.06. The molecule has 12 heteroatoms. The maximum absolute atomic E-state index is 13.5. The van der Waals surface area contributed by atoms with Crippen LogP contribution in [0.5, 0.6) is 0 Å². The van der Waals surface area contributed by atoms with E-state index >= 15 is 0 Å². The van der Waals surface area contributed by atoms with Gasteiger partial charge in [0.15, 0.2) is 0 Å². The Hall–Kier alpha value is -2.63. The third kappa shape index (κ3) is 6.68. The van der Waals surface area contributed by atoms with Gasteiger partial charge in [-0.05, 0) is 67.4 Å². The summed E-state index contributed by atoms with van der Waals surface area (Å²) in [6.45, 7) is 0.405. The maximum Gasteiger partial charge on any atom is 0.264 e. The van der Waals surface area contributed by atoms with E-state index in [1.165, 1.54) is 58.9 Å². The molecule has 0 radical (unpaired) electrons. The second kappa shape index (κ2) is 12.0. The van der Waals surface area contributed by atoms with Crippen LogP contribution in [0, 0.1) is 0 Å². The third-order valence-corrected chi connectivity index (χ3v) is 10.2. The molecule has 1 fully saturated rings. The van der Waals surface area contributed by atoms with Gasteiger partial charge in [-0.1, -0.05) is 54.2 Å². The van der Waals surface area contributed by atoms with Gasteiger partial charge in [0.2, 0.25) is 15.9 Å². The number of halogens is 2. The molecule has 38 heavy (non-hydrogen) atoms. The van der Waals surface area contributed by atoms with Crippen LogP contribution in [0.4, 0.5) is 11.4 Å². The normalized spacial score (nSPS) is 15.0. The van der Waals surface area contributed by atoms with E-state index in [0.717, 1.165) is 30.0 Å². The van der Waals surface area contributed by atoms with Crippen molar-refractivity contribution in [3.8, 4) is 0 Å². The van der Waals surface area contributed by atoms with E-state index in [2.05, 4.69) is 5.32 Å². The number of anilines is 2. The Kier molecular flexibility index (Phi) is 9.00. The Balaban J connectivity index is 1.55. The molecule has 0 unspecified atom stereocenters. The monoisotopic (exact) mass is 595 g/mol.